The molecule has 0 unspecified atom stereocenters. The fourth-order valence-corrected chi connectivity index (χ4v) is 2.23. The summed E-state index contributed by atoms with van der Waals surface area (Å²) in [5, 5.41) is 0. The van der Waals surface area contributed by atoms with Crippen LogP contribution >= 0.6 is 0 Å². The third-order valence-electron chi connectivity index (χ3n) is 3.27. The molecule has 2 aromatic carbocycles. The van der Waals surface area contributed by atoms with Crippen molar-refractivity contribution in [3.8, 4) is 17.0 Å². The molecule has 0 atom stereocenters. The van der Waals surface area contributed by atoms with Crippen molar-refractivity contribution < 1.29 is 4.74 Å². The summed E-state index contributed by atoms with van der Waals surface area (Å²) in [6.07, 6.45) is 0. The number of aryl methyl sites for hydroxylation is 1. The number of hydrogen-bond donors (Lipinski definition) is 1. The second-order valence-corrected chi connectivity index (χ2v) is 4.97. The fourth-order valence-electron chi connectivity index (χ4n) is 2.23. The van der Waals surface area contributed by atoms with Crippen LogP contribution in [0.25, 0.3) is 11.3 Å². The van der Waals surface area contributed by atoms with Gasteiger partial charge < -0.3 is 9.72 Å². The molecule has 0 bridgehead atoms. The molecular weight excluding hydrogens is 276 g/mol. The number of nitrogens with zero attached hydrogens (tertiary/aromatic N) is 1. The van der Waals surface area contributed by atoms with Gasteiger partial charge in [0, 0.05) is 5.56 Å². The van der Waals surface area contributed by atoms with Crippen molar-refractivity contribution in [2.75, 3.05) is 0 Å². The molecule has 1 N–H and O–H groups in total. The Morgan fingerprint density at radius 1 is 1.00 bits per heavy atom. The smallest absolute Gasteiger partial charge is 0.293 e. The molecule has 0 saturated heterocycles. The summed E-state index contributed by atoms with van der Waals surface area (Å²) in [6.45, 7) is 2.09. The Kier molecular flexibility index (Phi) is 4.01. The topological polar surface area (TPSA) is 55.0 Å². The summed E-state index contributed by atoms with van der Waals surface area (Å²) in [4.78, 5) is 19.4. The molecule has 0 spiro atoms. The van der Waals surface area contributed by atoms with E-state index >= 15 is 0 Å². The lowest BCUT2D eigenvalue weighted by molar-refractivity contribution is 0.301. The minimum Gasteiger partial charge on any atom is -0.481 e. The SMILES string of the molecule is Cc1nc(-c2ccccc2)c(OCc2ccccc2)c(=O)[nH]1. The highest BCUT2D eigenvalue weighted by molar-refractivity contribution is 5.65. The predicted octanol–water partition coefficient (Wildman–Crippen LogP) is 3.32. The van der Waals surface area contributed by atoms with E-state index < -0.39 is 0 Å². The number of nitrogens with one attached hydrogen (secondary N) is 1. The van der Waals surface area contributed by atoms with E-state index in [0.29, 0.717) is 18.1 Å². The second-order valence-electron chi connectivity index (χ2n) is 4.97. The number of aromatic amines is 1. The standard InChI is InChI=1S/C18H16N2O2/c1-13-19-16(15-10-6-3-7-11-15)17(18(21)20-13)22-12-14-8-4-2-5-9-14/h2-11H,12H2,1H3,(H,19,20,21). The number of ether oxygens (including phenoxy) is 1. The van der Waals surface area contributed by atoms with Crippen molar-refractivity contribution in [2.24, 2.45) is 0 Å². The van der Waals surface area contributed by atoms with Gasteiger partial charge in [0.15, 0.2) is 0 Å². The van der Waals surface area contributed by atoms with Gasteiger partial charge in [-0.2, -0.15) is 0 Å². The van der Waals surface area contributed by atoms with Crippen LogP contribution in [-0.2, 0) is 6.61 Å². The van der Waals surface area contributed by atoms with E-state index in [1.807, 2.05) is 60.7 Å². The van der Waals surface area contributed by atoms with Crippen molar-refractivity contribution in [3.63, 3.8) is 0 Å². The van der Waals surface area contributed by atoms with Crippen LogP contribution in [0.3, 0.4) is 0 Å². The molecule has 0 saturated carbocycles. The number of H-pyrrole nitrogens is 1. The van der Waals surface area contributed by atoms with E-state index in [9.17, 15) is 4.79 Å². The van der Waals surface area contributed by atoms with Gasteiger partial charge in [-0.25, -0.2) is 4.98 Å². The first-order chi connectivity index (χ1) is 10.7. The number of rotatable bonds is 4. The Morgan fingerprint density at radius 3 is 2.32 bits per heavy atom. The van der Waals surface area contributed by atoms with Crippen LogP contribution in [0.5, 0.6) is 5.75 Å². The summed E-state index contributed by atoms with van der Waals surface area (Å²) >= 11 is 0. The highest BCUT2D eigenvalue weighted by Gasteiger charge is 2.13. The zero-order chi connectivity index (χ0) is 15.4. The van der Waals surface area contributed by atoms with Gasteiger partial charge in [0.05, 0.1) is 0 Å². The Bertz CT molecular complexity index is 811. The average molecular weight is 292 g/mol. The molecule has 110 valence electrons. The molecule has 22 heavy (non-hydrogen) atoms. The van der Waals surface area contributed by atoms with Gasteiger partial charge in [0.1, 0.15) is 18.1 Å². The zero-order valence-electron chi connectivity index (χ0n) is 12.2. The lowest BCUT2D eigenvalue weighted by Crippen LogP contribution is -2.15. The molecule has 0 radical (unpaired) electrons. The zero-order valence-corrected chi connectivity index (χ0v) is 12.2. The Morgan fingerprint density at radius 2 is 1.64 bits per heavy atom. The van der Waals surface area contributed by atoms with Crippen molar-refractivity contribution in [3.05, 3.63) is 82.4 Å². The highest BCUT2D eigenvalue weighted by atomic mass is 16.5. The van der Waals surface area contributed by atoms with Gasteiger partial charge in [-0.05, 0) is 12.5 Å². The number of aromatic nitrogens is 2. The summed E-state index contributed by atoms with van der Waals surface area (Å²) < 4.78 is 5.76. The third-order valence-corrected chi connectivity index (χ3v) is 3.27. The first-order valence-electron chi connectivity index (χ1n) is 7.07. The number of benzene rings is 2. The number of hydrogen-bond acceptors (Lipinski definition) is 3. The molecule has 0 aliphatic heterocycles. The van der Waals surface area contributed by atoms with E-state index in [-0.39, 0.29) is 11.3 Å². The normalized spacial score (nSPS) is 10.4. The summed E-state index contributed by atoms with van der Waals surface area (Å²) in [7, 11) is 0. The largest absolute Gasteiger partial charge is 0.481 e. The minimum absolute atomic E-state index is 0.251. The van der Waals surface area contributed by atoms with Crippen LogP contribution in [0.1, 0.15) is 11.4 Å². The monoisotopic (exact) mass is 292 g/mol. The van der Waals surface area contributed by atoms with Gasteiger partial charge in [0.2, 0.25) is 5.75 Å². The Labute approximate surface area is 128 Å². The first-order valence-corrected chi connectivity index (χ1v) is 7.07. The first kappa shape index (κ1) is 14.1. The molecule has 3 aromatic rings. The molecule has 0 aliphatic rings. The van der Waals surface area contributed by atoms with Crippen LogP contribution < -0.4 is 10.3 Å². The lowest BCUT2D eigenvalue weighted by Gasteiger charge is -2.11. The van der Waals surface area contributed by atoms with Crippen LogP contribution in [0.2, 0.25) is 0 Å². The van der Waals surface area contributed by atoms with Crippen molar-refractivity contribution in [1.82, 2.24) is 9.97 Å². The molecule has 0 aliphatic carbocycles. The van der Waals surface area contributed by atoms with Crippen molar-refractivity contribution >= 4 is 0 Å². The molecule has 1 heterocycles. The quantitative estimate of drug-likeness (QED) is 0.802. The maximum atomic E-state index is 12.2. The van der Waals surface area contributed by atoms with Crippen molar-refractivity contribution in [1.29, 1.82) is 0 Å². The van der Waals surface area contributed by atoms with E-state index in [1.54, 1.807) is 6.92 Å². The molecule has 4 nitrogen and oxygen atoms in total. The maximum Gasteiger partial charge on any atom is 0.293 e. The molecule has 0 fully saturated rings. The molecule has 1 aromatic heterocycles. The van der Waals surface area contributed by atoms with Crippen LogP contribution in [-0.4, -0.2) is 9.97 Å². The predicted molar refractivity (Wildman–Crippen MR) is 85.8 cm³/mol. The lowest BCUT2D eigenvalue weighted by atomic mass is 10.1. The van der Waals surface area contributed by atoms with Crippen LogP contribution in [0.15, 0.2) is 65.5 Å². The van der Waals surface area contributed by atoms with Gasteiger partial charge >= 0.3 is 0 Å². The molecule has 3 rings (SSSR count). The van der Waals surface area contributed by atoms with E-state index in [2.05, 4.69) is 9.97 Å². The van der Waals surface area contributed by atoms with Gasteiger partial charge in [-0.15, -0.1) is 0 Å². The van der Waals surface area contributed by atoms with Crippen molar-refractivity contribution in [2.45, 2.75) is 13.5 Å². The average Bonchev–Trinajstić information content (AvgIpc) is 2.55. The molecular formula is C18H16N2O2. The maximum absolute atomic E-state index is 12.2. The fraction of sp³-hybridized carbons (Fsp3) is 0.111. The van der Waals surface area contributed by atoms with E-state index in [1.165, 1.54) is 0 Å². The summed E-state index contributed by atoms with van der Waals surface area (Å²) in [5.74, 6) is 0.816. The Balaban J connectivity index is 1.98. The van der Waals surface area contributed by atoms with Gasteiger partial charge in [0.25, 0.3) is 5.56 Å². The van der Waals surface area contributed by atoms with Crippen LogP contribution in [0.4, 0.5) is 0 Å². The summed E-state index contributed by atoms with van der Waals surface area (Å²) in [5.41, 5.74) is 2.17. The van der Waals surface area contributed by atoms with Crippen LogP contribution in [0, 0.1) is 6.92 Å². The van der Waals surface area contributed by atoms with E-state index in [0.717, 1.165) is 11.1 Å². The summed E-state index contributed by atoms with van der Waals surface area (Å²) in [6, 6.07) is 19.3. The molecule has 4 heteroatoms. The van der Waals surface area contributed by atoms with E-state index in [4.69, 9.17) is 4.74 Å². The van der Waals surface area contributed by atoms with Gasteiger partial charge in [-0.1, -0.05) is 60.7 Å². The van der Waals surface area contributed by atoms with Gasteiger partial charge in [-0.3, -0.25) is 4.79 Å². The molecule has 0 amide bonds. The highest BCUT2D eigenvalue weighted by Crippen LogP contribution is 2.25. The third kappa shape index (κ3) is 3.06. The Hall–Kier alpha value is -2.88. The second kappa shape index (κ2) is 6.26. The minimum atomic E-state index is -0.262.